The molecule has 1 aliphatic heterocycles. The van der Waals surface area contributed by atoms with Crippen molar-refractivity contribution in [1.29, 1.82) is 0 Å². The smallest absolute Gasteiger partial charge is 0.220 e. The Morgan fingerprint density at radius 3 is 2.60 bits per heavy atom. The van der Waals surface area contributed by atoms with Gasteiger partial charge in [-0.3, -0.25) is 4.79 Å². The average molecular weight is 141 g/mol. The van der Waals surface area contributed by atoms with Crippen LogP contribution in [0.3, 0.4) is 0 Å². The maximum absolute atomic E-state index is 10.9. The molecule has 0 radical (unpaired) electrons. The molecule has 0 aromatic heterocycles. The molecule has 1 N–H and O–H groups in total. The van der Waals surface area contributed by atoms with Crippen LogP contribution in [0.15, 0.2) is 0 Å². The number of nitrogens with one attached hydrogen (secondary N) is 1. The molecule has 1 amide bonds. The fourth-order valence-corrected chi connectivity index (χ4v) is 1.13. The van der Waals surface area contributed by atoms with Gasteiger partial charge in [-0.1, -0.05) is 20.8 Å². The highest BCUT2D eigenvalue weighted by Crippen LogP contribution is 2.30. The van der Waals surface area contributed by atoms with Crippen molar-refractivity contribution < 1.29 is 4.79 Å². The van der Waals surface area contributed by atoms with Gasteiger partial charge in [0.1, 0.15) is 0 Å². The second-order valence-electron chi connectivity index (χ2n) is 3.87. The van der Waals surface area contributed by atoms with Gasteiger partial charge in [-0.15, -0.1) is 0 Å². The van der Waals surface area contributed by atoms with Gasteiger partial charge in [0.2, 0.25) is 5.91 Å². The average Bonchev–Trinajstić information content (AvgIpc) is 1.81. The zero-order valence-corrected chi connectivity index (χ0v) is 6.90. The number of hydrogen-bond donors (Lipinski definition) is 1. The monoisotopic (exact) mass is 141 g/mol. The number of carbonyl (C=O) groups is 1. The Kier molecular flexibility index (Phi) is 1.71. The zero-order valence-electron chi connectivity index (χ0n) is 6.90. The Labute approximate surface area is 62.0 Å². The Morgan fingerprint density at radius 2 is 2.20 bits per heavy atom. The predicted molar refractivity (Wildman–Crippen MR) is 40.6 cm³/mol. The van der Waals surface area contributed by atoms with E-state index in [4.69, 9.17) is 0 Å². The molecule has 0 spiro atoms. The van der Waals surface area contributed by atoms with Crippen molar-refractivity contribution in [3.8, 4) is 0 Å². The molecule has 0 aromatic rings. The van der Waals surface area contributed by atoms with Crippen molar-refractivity contribution >= 4 is 5.91 Å². The van der Waals surface area contributed by atoms with Crippen molar-refractivity contribution in [3.63, 3.8) is 0 Å². The second-order valence-corrected chi connectivity index (χ2v) is 3.87. The van der Waals surface area contributed by atoms with Crippen molar-refractivity contribution in [1.82, 2.24) is 5.32 Å². The van der Waals surface area contributed by atoms with Crippen LogP contribution in [-0.4, -0.2) is 12.5 Å². The quantitative estimate of drug-likeness (QED) is 0.539. The van der Waals surface area contributed by atoms with Crippen LogP contribution in [0.1, 0.15) is 27.2 Å². The first kappa shape index (κ1) is 7.58. The van der Waals surface area contributed by atoms with E-state index in [9.17, 15) is 4.79 Å². The van der Waals surface area contributed by atoms with Crippen LogP contribution in [0.4, 0.5) is 0 Å². The minimum atomic E-state index is 0.201. The fourth-order valence-electron chi connectivity index (χ4n) is 1.13. The molecule has 1 rings (SSSR count). The summed E-state index contributed by atoms with van der Waals surface area (Å²) in [4.78, 5) is 10.9. The van der Waals surface area contributed by atoms with E-state index in [2.05, 4.69) is 26.1 Å². The number of hydrogen-bond acceptors (Lipinski definition) is 1. The highest BCUT2D eigenvalue weighted by molar-refractivity contribution is 5.77. The molecule has 2 nitrogen and oxygen atoms in total. The summed E-state index contributed by atoms with van der Waals surface area (Å²) in [6, 6.07) is 0. The fraction of sp³-hybridized carbons (Fsp3) is 0.875. The topological polar surface area (TPSA) is 29.1 Å². The Hall–Kier alpha value is -0.530. The van der Waals surface area contributed by atoms with E-state index in [1.54, 1.807) is 0 Å². The Bertz CT molecular complexity index is 151. The summed E-state index contributed by atoms with van der Waals surface area (Å²) in [6.45, 7) is 7.35. The number of amides is 1. The van der Waals surface area contributed by atoms with Gasteiger partial charge in [0.05, 0.1) is 0 Å². The van der Waals surface area contributed by atoms with Crippen molar-refractivity contribution in [2.75, 3.05) is 6.54 Å². The predicted octanol–water partition coefficient (Wildman–Crippen LogP) is 1.17. The highest BCUT2D eigenvalue weighted by atomic mass is 16.1. The van der Waals surface area contributed by atoms with E-state index >= 15 is 0 Å². The SMILES string of the molecule is CC1CC(=O)NCC1(C)C. The third-order valence-corrected chi connectivity index (χ3v) is 2.57. The maximum Gasteiger partial charge on any atom is 0.220 e. The van der Waals surface area contributed by atoms with Crippen LogP contribution in [0.5, 0.6) is 0 Å². The first-order chi connectivity index (χ1) is 4.52. The molecule has 1 atom stereocenters. The molecule has 0 saturated carbocycles. The van der Waals surface area contributed by atoms with E-state index in [0.29, 0.717) is 12.3 Å². The highest BCUT2D eigenvalue weighted by Gasteiger charge is 2.31. The standard InChI is InChI=1S/C8H15NO/c1-6-4-7(10)9-5-8(6,2)3/h6H,4-5H2,1-3H3,(H,9,10). The summed E-state index contributed by atoms with van der Waals surface area (Å²) in [5, 5.41) is 2.86. The lowest BCUT2D eigenvalue weighted by Crippen LogP contribution is -2.44. The van der Waals surface area contributed by atoms with Gasteiger partial charge < -0.3 is 5.32 Å². The molecule has 0 bridgehead atoms. The number of rotatable bonds is 0. The number of piperidine rings is 1. The van der Waals surface area contributed by atoms with Crippen molar-refractivity contribution in [2.24, 2.45) is 11.3 Å². The molecule has 1 fully saturated rings. The zero-order chi connectivity index (χ0) is 7.78. The molecule has 1 heterocycles. The largest absolute Gasteiger partial charge is 0.356 e. The van der Waals surface area contributed by atoms with Gasteiger partial charge in [0.15, 0.2) is 0 Å². The van der Waals surface area contributed by atoms with Gasteiger partial charge in [-0.2, -0.15) is 0 Å². The van der Waals surface area contributed by atoms with Gasteiger partial charge >= 0.3 is 0 Å². The molecule has 0 aliphatic carbocycles. The van der Waals surface area contributed by atoms with Crippen molar-refractivity contribution in [3.05, 3.63) is 0 Å². The summed E-state index contributed by atoms with van der Waals surface area (Å²) in [7, 11) is 0. The summed E-state index contributed by atoms with van der Waals surface area (Å²) in [5.41, 5.74) is 0.286. The van der Waals surface area contributed by atoms with Crippen LogP contribution in [0.25, 0.3) is 0 Å². The molecule has 2 heteroatoms. The third kappa shape index (κ3) is 1.31. The molecule has 58 valence electrons. The molecular weight excluding hydrogens is 126 g/mol. The Balaban J connectivity index is 2.60. The van der Waals surface area contributed by atoms with Gasteiger partial charge in [-0.25, -0.2) is 0 Å². The van der Waals surface area contributed by atoms with Gasteiger partial charge in [0, 0.05) is 13.0 Å². The summed E-state index contributed by atoms with van der Waals surface area (Å²) in [6.07, 6.45) is 0.687. The van der Waals surface area contributed by atoms with Crippen LogP contribution < -0.4 is 5.32 Å². The van der Waals surface area contributed by atoms with Crippen molar-refractivity contribution in [2.45, 2.75) is 27.2 Å². The molecular formula is C8H15NO. The lowest BCUT2D eigenvalue weighted by Gasteiger charge is -2.36. The van der Waals surface area contributed by atoms with E-state index in [1.165, 1.54) is 0 Å². The molecule has 10 heavy (non-hydrogen) atoms. The first-order valence-corrected chi connectivity index (χ1v) is 3.79. The van der Waals surface area contributed by atoms with Crippen LogP contribution in [0, 0.1) is 11.3 Å². The lowest BCUT2D eigenvalue weighted by molar-refractivity contribution is -0.125. The van der Waals surface area contributed by atoms with Crippen LogP contribution in [0.2, 0.25) is 0 Å². The summed E-state index contributed by atoms with van der Waals surface area (Å²) < 4.78 is 0. The van der Waals surface area contributed by atoms with Crippen LogP contribution >= 0.6 is 0 Å². The van der Waals surface area contributed by atoms with E-state index in [-0.39, 0.29) is 11.3 Å². The maximum atomic E-state index is 10.9. The minimum absolute atomic E-state index is 0.201. The first-order valence-electron chi connectivity index (χ1n) is 3.79. The summed E-state index contributed by atoms with van der Waals surface area (Å²) >= 11 is 0. The molecule has 1 aliphatic rings. The minimum Gasteiger partial charge on any atom is -0.356 e. The normalized spacial score (nSPS) is 31.5. The van der Waals surface area contributed by atoms with E-state index in [0.717, 1.165) is 6.54 Å². The molecule has 1 unspecified atom stereocenters. The van der Waals surface area contributed by atoms with Crippen LogP contribution in [-0.2, 0) is 4.79 Å². The second kappa shape index (κ2) is 2.26. The lowest BCUT2D eigenvalue weighted by atomic mass is 9.76. The van der Waals surface area contributed by atoms with Gasteiger partial charge in [-0.05, 0) is 11.3 Å². The molecule has 1 saturated heterocycles. The Morgan fingerprint density at radius 1 is 1.60 bits per heavy atom. The third-order valence-electron chi connectivity index (χ3n) is 2.57. The number of carbonyl (C=O) groups excluding carboxylic acids is 1. The molecule has 0 aromatic carbocycles. The summed E-state index contributed by atoms with van der Waals surface area (Å²) in [5.74, 6) is 0.716. The van der Waals surface area contributed by atoms with E-state index in [1.807, 2.05) is 0 Å². The van der Waals surface area contributed by atoms with E-state index < -0.39 is 0 Å². The van der Waals surface area contributed by atoms with Gasteiger partial charge in [0.25, 0.3) is 0 Å².